The van der Waals surface area contributed by atoms with Gasteiger partial charge in [0.1, 0.15) is 0 Å². The molecule has 1 aromatic rings. The second kappa shape index (κ2) is 10.8. The number of nitro benzene ring substituents is 1. The number of carbonyl (C=O) groups is 3. The van der Waals surface area contributed by atoms with Crippen molar-refractivity contribution in [2.24, 2.45) is 0 Å². The molecule has 0 spiro atoms. The molecule has 1 heterocycles. The molecule has 0 radical (unpaired) electrons. The van der Waals surface area contributed by atoms with Crippen molar-refractivity contribution < 1.29 is 24.4 Å². The Morgan fingerprint density at radius 1 is 1.18 bits per heavy atom. The first-order valence-electron chi connectivity index (χ1n) is 8.34. The summed E-state index contributed by atoms with van der Waals surface area (Å²) in [6.45, 7) is 0.0704. The lowest BCUT2D eigenvalue weighted by molar-refractivity contribution is -0.385. The Hall–Kier alpha value is -2.37. The molecule has 0 unspecified atom stereocenters. The van der Waals surface area contributed by atoms with E-state index in [-0.39, 0.29) is 41.9 Å². The van der Waals surface area contributed by atoms with Crippen molar-refractivity contribution >= 4 is 45.0 Å². The van der Waals surface area contributed by atoms with Crippen LogP contribution in [-0.2, 0) is 27.5 Å². The predicted molar refractivity (Wildman–Crippen MR) is 106 cm³/mol. The van der Waals surface area contributed by atoms with E-state index in [1.165, 1.54) is 50.8 Å². The second-order valence-electron chi connectivity index (χ2n) is 5.71. The number of nitrogens with zero attached hydrogens (tertiary/aromatic N) is 2. The zero-order chi connectivity index (χ0) is 20.5. The molecule has 2 N–H and O–H groups in total. The number of carbonyl (C=O) groups excluding carboxylic acids is 3. The largest absolute Gasteiger partial charge is 0.391 e. The summed E-state index contributed by atoms with van der Waals surface area (Å²) in [5.74, 6) is 0.340. The third-order valence-electron chi connectivity index (χ3n) is 3.80. The summed E-state index contributed by atoms with van der Waals surface area (Å²) in [4.78, 5) is 46.2. The van der Waals surface area contributed by atoms with Crippen LogP contribution >= 0.6 is 21.6 Å². The van der Waals surface area contributed by atoms with Crippen molar-refractivity contribution in [2.45, 2.75) is 19.6 Å². The van der Waals surface area contributed by atoms with Gasteiger partial charge in [-0.3, -0.25) is 29.4 Å². The van der Waals surface area contributed by atoms with E-state index in [0.29, 0.717) is 23.6 Å². The molecular formula is C17H19N3O6S2. The third kappa shape index (κ3) is 6.36. The van der Waals surface area contributed by atoms with E-state index in [9.17, 15) is 24.5 Å². The Morgan fingerprint density at radius 2 is 1.86 bits per heavy atom. The molecule has 1 aliphatic heterocycles. The fraction of sp³-hybridized carbons (Fsp3) is 0.353. The lowest BCUT2D eigenvalue weighted by atomic mass is 10.1. The molecule has 28 heavy (non-hydrogen) atoms. The van der Waals surface area contributed by atoms with Crippen molar-refractivity contribution in [3.8, 4) is 0 Å². The second-order valence-corrected chi connectivity index (χ2v) is 8.41. The van der Waals surface area contributed by atoms with Gasteiger partial charge in [-0.1, -0.05) is 27.7 Å². The Kier molecular flexibility index (Phi) is 8.48. The maximum Gasteiger partial charge on any atom is 0.275 e. The van der Waals surface area contributed by atoms with Crippen LogP contribution in [0.1, 0.15) is 17.5 Å². The average molecular weight is 425 g/mol. The molecule has 0 aromatic heterocycles. The quantitative estimate of drug-likeness (QED) is 0.179. The van der Waals surface area contributed by atoms with Gasteiger partial charge < -0.3 is 10.4 Å². The van der Waals surface area contributed by atoms with E-state index in [2.05, 4.69) is 5.32 Å². The number of rotatable bonds is 11. The van der Waals surface area contributed by atoms with Crippen LogP contribution in [0, 0.1) is 10.1 Å². The molecule has 0 saturated carbocycles. The average Bonchev–Trinajstić information content (AvgIpc) is 3.00. The number of aliphatic hydroxyl groups is 1. The van der Waals surface area contributed by atoms with E-state index < -0.39 is 11.5 Å². The van der Waals surface area contributed by atoms with Gasteiger partial charge in [-0.05, 0) is 11.6 Å². The van der Waals surface area contributed by atoms with Crippen LogP contribution in [0.15, 0.2) is 30.4 Å². The van der Waals surface area contributed by atoms with Crippen molar-refractivity contribution in [1.29, 1.82) is 0 Å². The van der Waals surface area contributed by atoms with Crippen molar-refractivity contribution in [3.05, 3.63) is 51.6 Å². The molecular weight excluding hydrogens is 406 g/mol. The number of imide groups is 1. The molecule has 3 amide bonds. The van der Waals surface area contributed by atoms with E-state index in [1.807, 2.05) is 0 Å². The number of amides is 3. The summed E-state index contributed by atoms with van der Waals surface area (Å²) in [6.07, 6.45) is 2.77. The lowest BCUT2D eigenvalue weighted by Gasteiger charge is -2.12. The molecule has 1 aromatic carbocycles. The van der Waals surface area contributed by atoms with Crippen molar-refractivity contribution in [1.82, 2.24) is 10.2 Å². The standard InChI is InChI=1S/C17H19N3O6S2/c21-11-13-2-1-12(9-14(13)20(25)26)10-18-15(22)5-7-27-28-8-6-19-16(23)3-4-17(19)24/h1-4,9,21H,5-8,10-11H2,(H,18,22). The van der Waals surface area contributed by atoms with Gasteiger partial charge in [0, 0.05) is 49.2 Å². The maximum atomic E-state index is 11.9. The zero-order valence-corrected chi connectivity index (χ0v) is 16.5. The predicted octanol–water partition coefficient (Wildman–Crippen LogP) is 1.40. The number of nitro groups is 1. The third-order valence-corrected chi connectivity index (χ3v) is 6.19. The van der Waals surface area contributed by atoms with Gasteiger partial charge in [0.05, 0.1) is 17.1 Å². The highest BCUT2D eigenvalue weighted by molar-refractivity contribution is 8.76. The van der Waals surface area contributed by atoms with Crippen LogP contribution in [0.3, 0.4) is 0 Å². The lowest BCUT2D eigenvalue weighted by Crippen LogP contribution is -2.31. The Morgan fingerprint density at radius 3 is 2.50 bits per heavy atom. The summed E-state index contributed by atoms with van der Waals surface area (Å²) >= 11 is 0. The summed E-state index contributed by atoms with van der Waals surface area (Å²) in [5, 5.41) is 22.8. The molecule has 0 bridgehead atoms. The number of hydrogen-bond donors (Lipinski definition) is 2. The normalized spacial score (nSPS) is 13.2. The Labute approximate surface area is 169 Å². The van der Waals surface area contributed by atoms with Crippen LogP contribution in [-0.4, -0.2) is 50.7 Å². The molecule has 2 rings (SSSR count). The van der Waals surface area contributed by atoms with Crippen LogP contribution in [0.4, 0.5) is 5.69 Å². The number of benzene rings is 1. The highest BCUT2D eigenvalue weighted by atomic mass is 33.1. The molecule has 11 heteroatoms. The minimum absolute atomic E-state index is 0.162. The molecule has 9 nitrogen and oxygen atoms in total. The fourth-order valence-corrected chi connectivity index (χ4v) is 4.29. The van der Waals surface area contributed by atoms with Crippen LogP contribution in [0.5, 0.6) is 0 Å². The molecule has 0 atom stereocenters. The van der Waals surface area contributed by atoms with Gasteiger partial charge in [-0.2, -0.15) is 0 Å². The number of nitrogens with one attached hydrogen (secondary N) is 1. The highest BCUT2D eigenvalue weighted by Gasteiger charge is 2.22. The number of hydrogen-bond acceptors (Lipinski definition) is 8. The topological polar surface area (TPSA) is 130 Å². The summed E-state index contributed by atoms with van der Waals surface area (Å²) in [7, 11) is 2.94. The zero-order valence-electron chi connectivity index (χ0n) is 14.8. The molecule has 0 saturated heterocycles. The summed E-state index contributed by atoms with van der Waals surface area (Å²) in [6, 6.07) is 4.43. The van der Waals surface area contributed by atoms with E-state index in [0.717, 1.165) is 0 Å². The Bertz CT molecular complexity index is 781. The van der Waals surface area contributed by atoms with Crippen molar-refractivity contribution in [2.75, 3.05) is 18.1 Å². The van der Waals surface area contributed by atoms with Gasteiger partial charge in [0.25, 0.3) is 17.5 Å². The van der Waals surface area contributed by atoms with Crippen LogP contribution < -0.4 is 5.32 Å². The SMILES string of the molecule is O=C(CCSSCCN1C(=O)C=CC1=O)NCc1ccc(CO)c([N+](=O)[O-])c1. The minimum atomic E-state index is -0.565. The van der Waals surface area contributed by atoms with Gasteiger partial charge in [0.15, 0.2) is 0 Å². The fourth-order valence-electron chi connectivity index (χ4n) is 2.34. The molecule has 0 aliphatic carbocycles. The first kappa shape index (κ1) is 21.9. The van der Waals surface area contributed by atoms with Crippen LogP contribution in [0.2, 0.25) is 0 Å². The van der Waals surface area contributed by atoms with E-state index in [4.69, 9.17) is 5.11 Å². The van der Waals surface area contributed by atoms with Gasteiger partial charge >= 0.3 is 0 Å². The number of aliphatic hydroxyl groups excluding tert-OH is 1. The maximum absolute atomic E-state index is 11.9. The van der Waals surface area contributed by atoms with Gasteiger partial charge in [0.2, 0.25) is 5.91 Å². The summed E-state index contributed by atoms with van der Waals surface area (Å²) < 4.78 is 0. The highest BCUT2D eigenvalue weighted by Crippen LogP contribution is 2.23. The Balaban J connectivity index is 1.63. The molecule has 1 aliphatic rings. The van der Waals surface area contributed by atoms with Gasteiger partial charge in [-0.15, -0.1) is 0 Å². The smallest absolute Gasteiger partial charge is 0.275 e. The van der Waals surface area contributed by atoms with Crippen LogP contribution in [0.25, 0.3) is 0 Å². The first-order chi connectivity index (χ1) is 13.4. The van der Waals surface area contributed by atoms with Gasteiger partial charge in [-0.25, -0.2) is 0 Å². The summed E-state index contributed by atoms with van der Waals surface area (Å²) in [5.41, 5.74) is 0.626. The monoisotopic (exact) mass is 425 g/mol. The van der Waals surface area contributed by atoms with E-state index in [1.54, 1.807) is 6.07 Å². The molecule has 150 valence electrons. The minimum Gasteiger partial charge on any atom is -0.391 e. The first-order valence-corrected chi connectivity index (χ1v) is 10.8. The molecule has 0 fully saturated rings. The van der Waals surface area contributed by atoms with Crippen molar-refractivity contribution in [3.63, 3.8) is 0 Å². The van der Waals surface area contributed by atoms with E-state index >= 15 is 0 Å².